The van der Waals surface area contributed by atoms with E-state index in [9.17, 15) is 0 Å². The van der Waals surface area contributed by atoms with Crippen LogP contribution in [-0.4, -0.2) is 35.6 Å². The SMILES string of the molecule is CC(N)CNc1cc(N(C)C2CCCC2)ncn1. The van der Waals surface area contributed by atoms with Crippen LogP contribution in [-0.2, 0) is 0 Å². The fraction of sp³-hybridized carbons (Fsp3) is 0.692. The summed E-state index contributed by atoms with van der Waals surface area (Å²) in [7, 11) is 2.12. The molecular formula is C13H23N5. The molecule has 1 saturated carbocycles. The van der Waals surface area contributed by atoms with Crippen LogP contribution in [0.2, 0.25) is 0 Å². The average molecular weight is 249 g/mol. The zero-order valence-electron chi connectivity index (χ0n) is 11.3. The molecule has 1 heterocycles. The molecule has 1 fully saturated rings. The zero-order chi connectivity index (χ0) is 13.0. The van der Waals surface area contributed by atoms with Gasteiger partial charge in [-0.25, -0.2) is 9.97 Å². The molecule has 5 nitrogen and oxygen atoms in total. The Bertz CT molecular complexity index is 373. The number of anilines is 2. The summed E-state index contributed by atoms with van der Waals surface area (Å²) in [5.74, 6) is 1.84. The molecule has 0 aromatic carbocycles. The van der Waals surface area contributed by atoms with E-state index in [2.05, 4.69) is 27.2 Å². The van der Waals surface area contributed by atoms with Gasteiger partial charge in [-0.3, -0.25) is 0 Å². The highest BCUT2D eigenvalue weighted by Crippen LogP contribution is 2.26. The minimum atomic E-state index is 0.121. The van der Waals surface area contributed by atoms with Crippen LogP contribution in [0.25, 0.3) is 0 Å². The first-order valence-electron chi connectivity index (χ1n) is 6.71. The highest BCUT2D eigenvalue weighted by Gasteiger charge is 2.20. The molecule has 1 aromatic heterocycles. The molecule has 0 saturated heterocycles. The van der Waals surface area contributed by atoms with Crippen molar-refractivity contribution >= 4 is 11.6 Å². The second-order valence-corrected chi connectivity index (χ2v) is 5.17. The Hall–Kier alpha value is -1.36. The largest absolute Gasteiger partial charge is 0.368 e. The Morgan fingerprint density at radius 2 is 2.17 bits per heavy atom. The van der Waals surface area contributed by atoms with E-state index in [1.165, 1.54) is 25.7 Å². The van der Waals surface area contributed by atoms with E-state index in [-0.39, 0.29) is 6.04 Å². The first-order valence-corrected chi connectivity index (χ1v) is 6.71. The van der Waals surface area contributed by atoms with Crippen molar-refractivity contribution in [1.29, 1.82) is 0 Å². The van der Waals surface area contributed by atoms with Gasteiger partial charge in [-0.2, -0.15) is 0 Å². The number of hydrogen-bond acceptors (Lipinski definition) is 5. The number of nitrogens with two attached hydrogens (primary N) is 1. The van der Waals surface area contributed by atoms with Gasteiger partial charge in [-0.05, 0) is 19.8 Å². The molecule has 1 aliphatic rings. The van der Waals surface area contributed by atoms with E-state index in [1.54, 1.807) is 6.33 Å². The second-order valence-electron chi connectivity index (χ2n) is 5.17. The predicted molar refractivity (Wildman–Crippen MR) is 74.8 cm³/mol. The van der Waals surface area contributed by atoms with Crippen LogP contribution in [0, 0.1) is 0 Å². The Labute approximate surface area is 109 Å². The van der Waals surface area contributed by atoms with Gasteiger partial charge in [0, 0.05) is 31.7 Å². The summed E-state index contributed by atoms with van der Waals surface area (Å²) in [6.07, 6.45) is 6.81. The summed E-state index contributed by atoms with van der Waals surface area (Å²) in [5.41, 5.74) is 5.72. The number of nitrogens with zero attached hydrogens (tertiary/aromatic N) is 3. The molecule has 0 spiro atoms. The highest BCUT2D eigenvalue weighted by molar-refractivity contribution is 5.48. The van der Waals surface area contributed by atoms with Gasteiger partial charge in [-0.1, -0.05) is 12.8 Å². The van der Waals surface area contributed by atoms with E-state index in [1.807, 2.05) is 13.0 Å². The number of aromatic nitrogens is 2. The maximum absolute atomic E-state index is 5.72. The quantitative estimate of drug-likeness (QED) is 0.830. The molecule has 1 aliphatic carbocycles. The monoisotopic (exact) mass is 249 g/mol. The summed E-state index contributed by atoms with van der Waals surface area (Å²) < 4.78 is 0. The Balaban J connectivity index is 2.01. The fourth-order valence-corrected chi connectivity index (χ4v) is 2.38. The van der Waals surface area contributed by atoms with Crippen molar-refractivity contribution in [3.8, 4) is 0 Å². The Morgan fingerprint density at radius 1 is 1.44 bits per heavy atom. The standard InChI is InChI=1S/C13H23N5/c1-10(14)8-15-12-7-13(17-9-16-12)18(2)11-5-3-4-6-11/h7,9-11H,3-6,8,14H2,1-2H3,(H,15,16,17). The molecular weight excluding hydrogens is 226 g/mol. The highest BCUT2D eigenvalue weighted by atomic mass is 15.2. The molecule has 1 atom stereocenters. The predicted octanol–water partition coefficient (Wildman–Crippen LogP) is 1.61. The molecule has 2 rings (SSSR count). The number of hydrogen-bond donors (Lipinski definition) is 2. The third-order valence-corrected chi connectivity index (χ3v) is 3.49. The lowest BCUT2D eigenvalue weighted by atomic mass is 10.2. The van der Waals surface area contributed by atoms with Crippen LogP contribution in [0.15, 0.2) is 12.4 Å². The first-order chi connectivity index (χ1) is 8.66. The lowest BCUT2D eigenvalue weighted by Gasteiger charge is -2.25. The molecule has 3 N–H and O–H groups in total. The van der Waals surface area contributed by atoms with E-state index < -0.39 is 0 Å². The van der Waals surface area contributed by atoms with Gasteiger partial charge in [0.05, 0.1) is 0 Å². The molecule has 100 valence electrons. The van der Waals surface area contributed by atoms with E-state index in [0.29, 0.717) is 6.04 Å². The van der Waals surface area contributed by atoms with E-state index >= 15 is 0 Å². The summed E-state index contributed by atoms with van der Waals surface area (Å²) in [6.45, 7) is 2.70. The van der Waals surface area contributed by atoms with Crippen molar-refractivity contribution in [2.24, 2.45) is 5.73 Å². The summed E-state index contributed by atoms with van der Waals surface area (Å²) in [5, 5.41) is 3.23. The lowest BCUT2D eigenvalue weighted by molar-refractivity contribution is 0.645. The summed E-state index contributed by atoms with van der Waals surface area (Å²) in [4.78, 5) is 10.8. The maximum atomic E-state index is 5.72. The van der Waals surface area contributed by atoms with Crippen LogP contribution < -0.4 is 16.0 Å². The van der Waals surface area contributed by atoms with E-state index in [0.717, 1.165) is 18.2 Å². The van der Waals surface area contributed by atoms with Crippen LogP contribution in [0.4, 0.5) is 11.6 Å². The molecule has 0 bridgehead atoms. The number of rotatable bonds is 5. The topological polar surface area (TPSA) is 67.1 Å². The normalized spacial score (nSPS) is 17.7. The maximum Gasteiger partial charge on any atom is 0.134 e. The van der Waals surface area contributed by atoms with Gasteiger partial charge in [0.2, 0.25) is 0 Å². The van der Waals surface area contributed by atoms with Crippen molar-refractivity contribution in [2.45, 2.75) is 44.7 Å². The van der Waals surface area contributed by atoms with Gasteiger partial charge in [0.25, 0.3) is 0 Å². The third-order valence-electron chi connectivity index (χ3n) is 3.49. The van der Waals surface area contributed by atoms with Crippen LogP contribution in [0.5, 0.6) is 0 Å². The summed E-state index contributed by atoms with van der Waals surface area (Å²) >= 11 is 0. The number of nitrogens with one attached hydrogen (secondary N) is 1. The third kappa shape index (κ3) is 3.32. The van der Waals surface area contributed by atoms with Crippen molar-refractivity contribution < 1.29 is 0 Å². The Morgan fingerprint density at radius 3 is 2.83 bits per heavy atom. The second kappa shape index (κ2) is 6.00. The van der Waals surface area contributed by atoms with Gasteiger partial charge in [0.1, 0.15) is 18.0 Å². The van der Waals surface area contributed by atoms with Crippen molar-refractivity contribution in [3.63, 3.8) is 0 Å². The summed E-state index contributed by atoms with van der Waals surface area (Å²) in [6, 6.07) is 2.75. The van der Waals surface area contributed by atoms with E-state index in [4.69, 9.17) is 5.73 Å². The molecule has 0 radical (unpaired) electrons. The van der Waals surface area contributed by atoms with Crippen molar-refractivity contribution in [2.75, 3.05) is 23.8 Å². The van der Waals surface area contributed by atoms with Crippen LogP contribution >= 0.6 is 0 Å². The molecule has 5 heteroatoms. The molecule has 18 heavy (non-hydrogen) atoms. The molecule has 0 amide bonds. The van der Waals surface area contributed by atoms with Crippen LogP contribution in [0.1, 0.15) is 32.6 Å². The minimum absolute atomic E-state index is 0.121. The average Bonchev–Trinajstić information content (AvgIpc) is 2.89. The minimum Gasteiger partial charge on any atom is -0.368 e. The first kappa shape index (κ1) is 13.1. The van der Waals surface area contributed by atoms with Crippen LogP contribution in [0.3, 0.4) is 0 Å². The fourth-order valence-electron chi connectivity index (χ4n) is 2.38. The Kier molecular flexibility index (Phi) is 4.36. The van der Waals surface area contributed by atoms with Crippen molar-refractivity contribution in [1.82, 2.24) is 9.97 Å². The smallest absolute Gasteiger partial charge is 0.134 e. The van der Waals surface area contributed by atoms with Gasteiger partial charge >= 0.3 is 0 Å². The molecule has 1 aromatic rings. The molecule has 0 aliphatic heterocycles. The van der Waals surface area contributed by atoms with Gasteiger partial charge in [0.15, 0.2) is 0 Å². The van der Waals surface area contributed by atoms with Crippen molar-refractivity contribution in [3.05, 3.63) is 12.4 Å². The zero-order valence-corrected chi connectivity index (χ0v) is 11.3. The van der Waals surface area contributed by atoms with Gasteiger partial charge in [-0.15, -0.1) is 0 Å². The molecule has 1 unspecified atom stereocenters. The van der Waals surface area contributed by atoms with Gasteiger partial charge < -0.3 is 16.0 Å². The lowest BCUT2D eigenvalue weighted by Crippen LogP contribution is -2.30.